The number of hydrogen-bond donors (Lipinski definition) is 1. The Hall–Kier alpha value is -2.32. The minimum Gasteiger partial charge on any atom is -0.336 e. The zero-order valence-electron chi connectivity index (χ0n) is 13.9. The van der Waals surface area contributed by atoms with Crippen molar-refractivity contribution in [3.8, 4) is 0 Å². The molecule has 6 nitrogen and oxygen atoms in total. The first-order valence-corrected chi connectivity index (χ1v) is 8.09. The maximum absolute atomic E-state index is 13.1. The number of fused-ring (bicyclic) bond motifs is 1. The maximum Gasteiger partial charge on any atom is 0.418 e. The number of rotatable bonds is 2. The van der Waals surface area contributed by atoms with Gasteiger partial charge in [0.1, 0.15) is 0 Å². The molecule has 2 aliphatic rings. The van der Waals surface area contributed by atoms with Gasteiger partial charge >= 0.3 is 12.2 Å². The van der Waals surface area contributed by atoms with Crippen molar-refractivity contribution < 1.29 is 22.8 Å². The zero-order chi connectivity index (χ0) is 18.4. The van der Waals surface area contributed by atoms with E-state index in [2.05, 4.69) is 10.3 Å². The Morgan fingerprint density at radius 3 is 2.76 bits per heavy atom. The van der Waals surface area contributed by atoms with E-state index in [1.807, 2.05) is 13.8 Å². The van der Waals surface area contributed by atoms with Crippen molar-refractivity contribution in [3.05, 3.63) is 29.6 Å². The van der Waals surface area contributed by atoms with E-state index in [0.29, 0.717) is 19.2 Å². The van der Waals surface area contributed by atoms with E-state index in [1.54, 1.807) is 4.90 Å². The molecule has 0 bridgehead atoms. The van der Waals surface area contributed by atoms with E-state index in [0.717, 1.165) is 6.07 Å². The van der Waals surface area contributed by atoms with Gasteiger partial charge in [-0.1, -0.05) is 0 Å². The second-order valence-corrected chi connectivity index (χ2v) is 6.58. The molecule has 2 aliphatic heterocycles. The van der Waals surface area contributed by atoms with Crippen LogP contribution in [0.15, 0.2) is 18.5 Å². The highest BCUT2D eigenvalue weighted by Crippen LogP contribution is 2.33. The van der Waals surface area contributed by atoms with E-state index in [1.165, 1.54) is 11.1 Å². The van der Waals surface area contributed by atoms with Crippen LogP contribution in [0.5, 0.6) is 0 Å². The second kappa shape index (κ2) is 6.20. The average molecular weight is 356 g/mol. The molecule has 2 atom stereocenters. The molecular weight excluding hydrogens is 337 g/mol. The third kappa shape index (κ3) is 3.14. The van der Waals surface area contributed by atoms with Gasteiger partial charge in [0.15, 0.2) is 0 Å². The molecule has 2 saturated heterocycles. The van der Waals surface area contributed by atoms with Crippen LogP contribution in [0.3, 0.4) is 0 Å². The first-order chi connectivity index (χ1) is 11.7. The van der Waals surface area contributed by atoms with Crippen molar-refractivity contribution in [3.63, 3.8) is 0 Å². The van der Waals surface area contributed by atoms with Gasteiger partial charge in [-0.2, -0.15) is 13.2 Å². The number of nitrogens with one attached hydrogen (secondary N) is 1. The van der Waals surface area contributed by atoms with Crippen LogP contribution in [0.2, 0.25) is 0 Å². The van der Waals surface area contributed by atoms with Gasteiger partial charge < -0.3 is 15.1 Å². The molecule has 0 spiro atoms. The zero-order valence-corrected chi connectivity index (χ0v) is 13.9. The summed E-state index contributed by atoms with van der Waals surface area (Å²) < 4.78 is 39.3. The average Bonchev–Trinajstić information content (AvgIpc) is 2.88. The van der Waals surface area contributed by atoms with Crippen molar-refractivity contribution in [2.24, 2.45) is 0 Å². The van der Waals surface area contributed by atoms with Crippen molar-refractivity contribution in [2.75, 3.05) is 13.1 Å². The van der Waals surface area contributed by atoms with Gasteiger partial charge in [-0.3, -0.25) is 9.78 Å². The van der Waals surface area contributed by atoms with Gasteiger partial charge in [-0.15, -0.1) is 0 Å². The Kier molecular flexibility index (Phi) is 4.34. The van der Waals surface area contributed by atoms with Crippen molar-refractivity contribution >= 4 is 11.9 Å². The summed E-state index contributed by atoms with van der Waals surface area (Å²) in [5, 5.41) is 2.83. The molecule has 1 N–H and O–H groups in total. The molecule has 0 aromatic carbocycles. The van der Waals surface area contributed by atoms with Crippen molar-refractivity contribution in [1.82, 2.24) is 20.1 Å². The summed E-state index contributed by atoms with van der Waals surface area (Å²) in [5.74, 6) is -0.689. The fourth-order valence-corrected chi connectivity index (χ4v) is 3.58. The Bertz CT molecular complexity index is 692. The van der Waals surface area contributed by atoms with E-state index in [4.69, 9.17) is 0 Å². The topological polar surface area (TPSA) is 65.5 Å². The monoisotopic (exact) mass is 356 g/mol. The van der Waals surface area contributed by atoms with Gasteiger partial charge in [-0.25, -0.2) is 4.79 Å². The standard InChI is InChI=1S/C16H19F3N4O2/c1-9(2)23-13-4-6-22(8-12(13)21-15(23)25)14(24)10-3-5-20-7-11(10)16(17,18)19/h3,5,7,9,12-13H,4,6,8H2,1-2H3,(H,21,25)/t12-,13+/m1/s1. The largest absolute Gasteiger partial charge is 0.418 e. The maximum atomic E-state index is 13.1. The molecule has 3 rings (SSSR count). The lowest BCUT2D eigenvalue weighted by atomic mass is 9.97. The van der Waals surface area contributed by atoms with Gasteiger partial charge in [0, 0.05) is 31.5 Å². The van der Waals surface area contributed by atoms with Crippen LogP contribution in [0, 0.1) is 0 Å². The molecule has 0 aliphatic carbocycles. The van der Waals surface area contributed by atoms with E-state index in [9.17, 15) is 22.8 Å². The highest BCUT2D eigenvalue weighted by atomic mass is 19.4. The van der Waals surface area contributed by atoms with Crippen LogP contribution in [0.1, 0.15) is 36.2 Å². The fourth-order valence-electron chi connectivity index (χ4n) is 3.58. The van der Waals surface area contributed by atoms with Crippen LogP contribution >= 0.6 is 0 Å². The number of likely N-dealkylation sites (tertiary alicyclic amines) is 1. The number of halogens is 3. The van der Waals surface area contributed by atoms with Gasteiger partial charge in [-0.05, 0) is 26.3 Å². The van der Waals surface area contributed by atoms with Crippen molar-refractivity contribution in [2.45, 2.75) is 44.6 Å². The normalized spacial score (nSPS) is 23.7. The lowest BCUT2D eigenvalue weighted by Gasteiger charge is -2.38. The summed E-state index contributed by atoms with van der Waals surface area (Å²) in [6.45, 7) is 4.31. The molecule has 1 aromatic rings. The van der Waals surface area contributed by atoms with E-state index >= 15 is 0 Å². The molecule has 136 valence electrons. The number of hydrogen-bond acceptors (Lipinski definition) is 3. The van der Waals surface area contributed by atoms with E-state index in [-0.39, 0.29) is 30.7 Å². The summed E-state index contributed by atoms with van der Waals surface area (Å²) in [5.41, 5.74) is -1.45. The Balaban J connectivity index is 1.80. The van der Waals surface area contributed by atoms with E-state index < -0.39 is 23.2 Å². The highest BCUT2D eigenvalue weighted by molar-refractivity contribution is 5.96. The number of aromatic nitrogens is 1. The first kappa shape index (κ1) is 17.5. The number of pyridine rings is 1. The minimum absolute atomic E-state index is 0.0225. The van der Waals surface area contributed by atoms with Gasteiger partial charge in [0.25, 0.3) is 5.91 Å². The minimum atomic E-state index is -4.65. The smallest absolute Gasteiger partial charge is 0.336 e. The fraction of sp³-hybridized carbons (Fsp3) is 0.562. The number of carbonyl (C=O) groups is 2. The summed E-state index contributed by atoms with van der Waals surface area (Å²) in [4.78, 5) is 31.3. The predicted octanol–water partition coefficient (Wildman–Crippen LogP) is 2.12. The Labute approximate surface area is 143 Å². The number of nitrogens with zero attached hydrogens (tertiary/aromatic N) is 3. The SMILES string of the molecule is CC(C)N1C(=O)N[C@@H]2CN(C(=O)c3ccncc3C(F)(F)F)CC[C@@H]21. The van der Waals surface area contributed by atoms with Crippen LogP contribution < -0.4 is 5.32 Å². The van der Waals surface area contributed by atoms with Crippen molar-refractivity contribution in [1.29, 1.82) is 0 Å². The second-order valence-electron chi connectivity index (χ2n) is 6.58. The summed E-state index contributed by atoms with van der Waals surface area (Å²) in [6, 6.07) is 0.596. The molecule has 1 aromatic heterocycles. The summed E-state index contributed by atoms with van der Waals surface area (Å²) in [7, 11) is 0. The lowest BCUT2D eigenvalue weighted by Crippen LogP contribution is -2.53. The van der Waals surface area contributed by atoms with Crippen LogP contribution in [0.4, 0.5) is 18.0 Å². The van der Waals surface area contributed by atoms with Crippen LogP contribution in [-0.2, 0) is 6.18 Å². The quantitative estimate of drug-likeness (QED) is 0.883. The summed E-state index contributed by atoms with van der Waals surface area (Å²) in [6.07, 6.45) is -2.28. The molecule has 0 radical (unpaired) electrons. The predicted molar refractivity (Wildman–Crippen MR) is 82.8 cm³/mol. The van der Waals surface area contributed by atoms with Gasteiger partial charge in [0.05, 0.1) is 23.2 Å². The lowest BCUT2D eigenvalue weighted by molar-refractivity contribution is -0.138. The van der Waals surface area contributed by atoms with Gasteiger partial charge in [0.2, 0.25) is 0 Å². The van der Waals surface area contributed by atoms with Crippen LogP contribution in [0.25, 0.3) is 0 Å². The molecule has 0 unspecified atom stereocenters. The Morgan fingerprint density at radius 1 is 1.40 bits per heavy atom. The molecule has 3 amide bonds. The molecule has 25 heavy (non-hydrogen) atoms. The summed E-state index contributed by atoms with van der Waals surface area (Å²) >= 11 is 0. The molecule has 3 heterocycles. The number of urea groups is 1. The van der Waals surface area contributed by atoms with Crippen LogP contribution in [-0.4, -0.2) is 57.9 Å². The first-order valence-electron chi connectivity index (χ1n) is 8.09. The Morgan fingerprint density at radius 2 is 2.12 bits per heavy atom. The number of piperidine rings is 1. The molecule has 9 heteroatoms. The molecule has 0 saturated carbocycles. The number of carbonyl (C=O) groups excluding carboxylic acids is 2. The number of amides is 3. The third-order valence-electron chi connectivity index (χ3n) is 4.68. The third-order valence-corrected chi connectivity index (χ3v) is 4.68. The molecule has 2 fully saturated rings. The highest BCUT2D eigenvalue weighted by Gasteiger charge is 2.45. The molecular formula is C16H19F3N4O2. The number of alkyl halides is 3.